The normalized spacial score (nSPS) is 10.4. The number of hydrogen-bond acceptors (Lipinski definition) is 6. The molecule has 2 aromatic rings. The molecule has 6 nitrogen and oxygen atoms in total. The Morgan fingerprint density at radius 1 is 1.53 bits per heavy atom. The summed E-state index contributed by atoms with van der Waals surface area (Å²) in [6.45, 7) is 0.527. The molecule has 1 heterocycles. The second-order valence-corrected chi connectivity index (χ2v) is 4.75. The van der Waals surface area contributed by atoms with Gasteiger partial charge in [-0.2, -0.15) is 0 Å². The molecule has 0 saturated carbocycles. The van der Waals surface area contributed by atoms with Crippen molar-refractivity contribution < 1.29 is 9.66 Å². The van der Waals surface area contributed by atoms with Crippen LogP contribution in [-0.2, 0) is 6.42 Å². The Labute approximate surface area is 114 Å². The summed E-state index contributed by atoms with van der Waals surface area (Å²) in [6.07, 6.45) is 0.696. The number of benzene rings is 1. The van der Waals surface area contributed by atoms with Crippen LogP contribution in [0.5, 0.6) is 5.75 Å². The van der Waals surface area contributed by atoms with Gasteiger partial charge in [0.2, 0.25) is 0 Å². The molecule has 0 unspecified atom stereocenters. The number of nitro groups is 1. The molecule has 0 radical (unpaired) electrons. The molecule has 0 saturated heterocycles. The number of non-ortho nitro benzene ring substituents is 1. The van der Waals surface area contributed by atoms with Crippen molar-refractivity contribution in [2.75, 3.05) is 13.7 Å². The number of rotatable bonds is 5. The topological polar surface area (TPSA) is 91.3 Å². The fraction of sp³-hybridized carbons (Fsp3) is 0.250. The molecule has 2 rings (SSSR count). The number of nitrogens with two attached hydrogens (primary N) is 1. The van der Waals surface area contributed by atoms with E-state index in [0.717, 1.165) is 5.01 Å². The summed E-state index contributed by atoms with van der Waals surface area (Å²) in [6, 6.07) is 4.46. The maximum Gasteiger partial charge on any atom is 0.270 e. The lowest BCUT2D eigenvalue weighted by Crippen LogP contribution is -2.02. The van der Waals surface area contributed by atoms with Crippen LogP contribution in [0.25, 0.3) is 11.3 Å². The van der Waals surface area contributed by atoms with Crippen molar-refractivity contribution in [2.24, 2.45) is 5.73 Å². The predicted molar refractivity (Wildman–Crippen MR) is 73.5 cm³/mol. The van der Waals surface area contributed by atoms with E-state index in [1.54, 1.807) is 6.07 Å². The van der Waals surface area contributed by atoms with Gasteiger partial charge in [-0.1, -0.05) is 0 Å². The van der Waals surface area contributed by atoms with Crippen molar-refractivity contribution >= 4 is 17.0 Å². The molecular weight excluding hydrogens is 266 g/mol. The van der Waals surface area contributed by atoms with Crippen LogP contribution in [0.4, 0.5) is 5.69 Å². The Morgan fingerprint density at radius 2 is 2.32 bits per heavy atom. The van der Waals surface area contributed by atoms with Crippen LogP contribution in [0.2, 0.25) is 0 Å². The van der Waals surface area contributed by atoms with Gasteiger partial charge in [0.1, 0.15) is 5.75 Å². The molecule has 0 bridgehead atoms. The number of nitro benzene ring substituents is 1. The maximum absolute atomic E-state index is 10.8. The van der Waals surface area contributed by atoms with Gasteiger partial charge < -0.3 is 10.5 Å². The summed E-state index contributed by atoms with van der Waals surface area (Å²) in [5.41, 5.74) is 6.80. The smallest absolute Gasteiger partial charge is 0.270 e. The Hall–Kier alpha value is -1.99. The van der Waals surface area contributed by atoms with E-state index in [9.17, 15) is 10.1 Å². The summed E-state index contributed by atoms with van der Waals surface area (Å²) in [5.74, 6) is 0.565. The highest BCUT2D eigenvalue weighted by Gasteiger charge is 2.15. The lowest BCUT2D eigenvalue weighted by molar-refractivity contribution is -0.384. The van der Waals surface area contributed by atoms with Crippen LogP contribution in [0.1, 0.15) is 5.01 Å². The third-order valence-corrected chi connectivity index (χ3v) is 3.49. The molecule has 0 spiro atoms. The van der Waals surface area contributed by atoms with E-state index in [1.165, 1.54) is 30.6 Å². The Balaban J connectivity index is 2.45. The second kappa shape index (κ2) is 5.77. The predicted octanol–water partition coefficient (Wildman–Crippen LogP) is 2.23. The summed E-state index contributed by atoms with van der Waals surface area (Å²) in [5, 5.41) is 13.6. The van der Waals surface area contributed by atoms with Gasteiger partial charge in [-0.15, -0.1) is 11.3 Å². The minimum absolute atomic E-state index is 0.0178. The van der Waals surface area contributed by atoms with E-state index in [-0.39, 0.29) is 5.69 Å². The zero-order chi connectivity index (χ0) is 13.8. The molecule has 7 heteroatoms. The number of methoxy groups -OCH3 is 1. The summed E-state index contributed by atoms with van der Waals surface area (Å²) in [7, 11) is 1.53. The van der Waals surface area contributed by atoms with Gasteiger partial charge in [0.15, 0.2) is 0 Å². The third-order valence-electron chi connectivity index (χ3n) is 2.58. The zero-order valence-corrected chi connectivity index (χ0v) is 11.1. The summed E-state index contributed by atoms with van der Waals surface area (Å²) in [4.78, 5) is 14.8. The van der Waals surface area contributed by atoms with Crippen molar-refractivity contribution in [3.05, 3.63) is 38.7 Å². The monoisotopic (exact) mass is 279 g/mol. The number of thiazole rings is 1. The van der Waals surface area contributed by atoms with E-state index in [1.807, 2.05) is 5.38 Å². The lowest BCUT2D eigenvalue weighted by atomic mass is 10.1. The SMILES string of the molecule is COc1ccc([N+](=O)[O-])cc1-c1csc(CCN)n1. The third kappa shape index (κ3) is 2.88. The number of hydrogen-bond donors (Lipinski definition) is 1. The van der Waals surface area contributed by atoms with E-state index in [4.69, 9.17) is 10.5 Å². The number of ether oxygens (including phenoxy) is 1. The van der Waals surface area contributed by atoms with Gasteiger partial charge in [-0.25, -0.2) is 4.98 Å². The first-order chi connectivity index (χ1) is 9.15. The van der Waals surface area contributed by atoms with Crippen LogP contribution in [0.3, 0.4) is 0 Å². The standard InChI is InChI=1S/C12H13N3O3S/c1-18-11-3-2-8(15(16)17)6-9(11)10-7-19-12(14-10)4-5-13/h2-3,6-7H,4-5,13H2,1H3. The minimum atomic E-state index is -0.434. The fourth-order valence-electron chi connectivity index (χ4n) is 1.68. The van der Waals surface area contributed by atoms with Crippen LogP contribution < -0.4 is 10.5 Å². The number of nitrogens with zero attached hydrogens (tertiary/aromatic N) is 2. The number of aromatic nitrogens is 1. The molecule has 0 aliphatic heterocycles. The molecule has 19 heavy (non-hydrogen) atoms. The Morgan fingerprint density at radius 3 is 2.95 bits per heavy atom. The largest absolute Gasteiger partial charge is 0.496 e. The van der Waals surface area contributed by atoms with Gasteiger partial charge in [-0.3, -0.25) is 10.1 Å². The molecular formula is C12H13N3O3S. The highest BCUT2D eigenvalue weighted by molar-refractivity contribution is 7.09. The summed E-state index contributed by atoms with van der Waals surface area (Å²) < 4.78 is 5.22. The second-order valence-electron chi connectivity index (χ2n) is 3.81. The summed E-state index contributed by atoms with van der Waals surface area (Å²) >= 11 is 1.49. The molecule has 2 N–H and O–H groups in total. The van der Waals surface area contributed by atoms with Crippen molar-refractivity contribution in [1.82, 2.24) is 4.98 Å². The first kappa shape index (κ1) is 13.4. The van der Waals surface area contributed by atoms with Crippen molar-refractivity contribution in [1.29, 1.82) is 0 Å². The van der Waals surface area contributed by atoms with Gasteiger partial charge in [-0.05, 0) is 12.6 Å². The Bertz CT molecular complexity index is 598. The molecule has 1 aromatic heterocycles. The van der Waals surface area contributed by atoms with Crippen LogP contribution in [0.15, 0.2) is 23.6 Å². The van der Waals surface area contributed by atoms with Gasteiger partial charge in [0.25, 0.3) is 5.69 Å². The molecule has 0 atom stereocenters. The van der Waals surface area contributed by atoms with Gasteiger partial charge in [0, 0.05) is 29.5 Å². The van der Waals surface area contributed by atoms with Gasteiger partial charge >= 0.3 is 0 Å². The average molecular weight is 279 g/mol. The molecule has 0 amide bonds. The quantitative estimate of drug-likeness (QED) is 0.669. The molecule has 0 fully saturated rings. The first-order valence-electron chi connectivity index (χ1n) is 5.63. The Kier molecular flexibility index (Phi) is 4.08. The van der Waals surface area contributed by atoms with Gasteiger partial charge in [0.05, 0.1) is 22.7 Å². The average Bonchev–Trinajstić information content (AvgIpc) is 2.87. The highest BCUT2D eigenvalue weighted by Crippen LogP contribution is 2.33. The fourth-order valence-corrected chi connectivity index (χ4v) is 2.50. The van der Waals surface area contributed by atoms with Crippen molar-refractivity contribution in [3.63, 3.8) is 0 Å². The van der Waals surface area contributed by atoms with Crippen molar-refractivity contribution in [3.8, 4) is 17.0 Å². The van der Waals surface area contributed by atoms with E-state index >= 15 is 0 Å². The van der Waals surface area contributed by atoms with Crippen LogP contribution in [-0.4, -0.2) is 23.6 Å². The van der Waals surface area contributed by atoms with E-state index in [2.05, 4.69) is 4.98 Å². The minimum Gasteiger partial charge on any atom is -0.496 e. The first-order valence-corrected chi connectivity index (χ1v) is 6.51. The molecule has 0 aliphatic carbocycles. The maximum atomic E-state index is 10.8. The highest BCUT2D eigenvalue weighted by atomic mass is 32.1. The van der Waals surface area contributed by atoms with E-state index in [0.29, 0.717) is 30.0 Å². The molecule has 100 valence electrons. The van der Waals surface area contributed by atoms with Crippen LogP contribution in [0, 0.1) is 10.1 Å². The van der Waals surface area contributed by atoms with Crippen molar-refractivity contribution in [2.45, 2.75) is 6.42 Å². The van der Waals surface area contributed by atoms with Crippen LogP contribution >= 0.6 is 11.3 Å². The lowest BCUT2D eigenvalue weighted by Gasteiger charge is -2.05. The zero-order valence-electron chi connectivity index (χ0n) is 10.3. The molecule has 1 aromatic carbocycles. The van der Waals surface area contributed by atoms with E-state index < -0.39 is 4.92 Å². The molecule has 0 aliphatic rings.